The second kappa shape index (κ2) is 7.56. The maximum atomic E-state index is 13.2. The molecule has 1 aromatic carbocycles. The molecule has 0 aliphatic carbocycles. The predicted octanol–water partition coefficient (Wildman–Crippen LogP) is 2.20. The molecule has 0 saturated carbocycles. The van der Waals surface area contributed by atoms with Crippen LogP contribution in [0, 0.1) is 17.6 Å². The molecule has 0 fully saturated rings. The van der Waals surface area contributed by atoms with Gasteiger partial charge in [0, 0.05) is 25.1 Å². The van der Waals surface area contributed by atoms with E-state index in [0.717, 1.165) is 12.1 Å². The van der Waals surface area contributed by atoms with Crippen LogP contribution in [0.1, 0.15) is 30.6 Å². The first-order valence-corrected chi connectivity index (χ1v) is 6.55. The van der Waals surface area contributed by atoms with Crippen LogP contribution in [-0.2, 0) is 0 Å². The van der Waals surface area contributed by atoms with E-state index in [2.05, 4.69) is 5.16 Å². The average molecular weight is 299 g/mol. The minimum absolute atomic E-state index is 0.00171. The van der Waals surface area contributed by atoms with E-state index in [4.69, 9.17) is 10.9 Å². The molecule has 0 aliphatic rings. The smallest absolute Gasteiger partial charge is 0.253 e. The number of halogens is 2. The minimum Gasteiger partial charge on any atom is -0.409 e. The van der Waals surface area contributed by atoms with Crippen molar-refractivity contribution >= 4 is 11.7 Å². The number of carbonyl (C=O) groups is 1. The molecular formula is C14H19F2N3O2. The van der Waals surface area contributed by atoms with Crippen LogP contribution in [0.3, 0.4) is 0 Å². The second-order valence-electron chi connectivity index (χ2n) is 5.12. The largest absolute Gasteiger partial charge is 0.409 e. The van der Waals surface area contributed by atoms with E-state index in [1.54, 1.807) is 0 Å². The number of oxime groups is 1. The highest BCUT2D eigenvalue weighted by molar-refractivity contribution is 5.94. The predicted molar refractivity (Wildman–Crippen MR) is 75.1 cm³/mol. The van der Waals surface area contributed by atoms with Crippen molar-refractivity contribution in [2.24, 2.45) is 16.8 Å². The number of nitrogens with zero attached hydrogens (tertiary/aromatic N) is 2. The Hall–Kier alpha value is -2.18. The van der Waals surface area contributed by atoms with Crippen molar-refractivity contribution in [2.45, 2.75) is 20.3 Å². The summed E-state index contributed by atoms with van der Waals surface area (Å²) in [5.74, 6) is -2.30. The fourth-order valence-electron chi connectivity index (χ4n) is 1.83. The SMILES string of the molecule is CC(C)CN(CCC(N)=NO)C(=O)c1ccc(F)c(F)c1. The number of benzene rings is 1. The Labute approximate surface area is 122 Å². The first kappa shape index (κ1) is 16.9. The van der Waals surface area contributed by atoms with Gasteiger partial charge in [0.25, 0.3) is 5.91 Å². The highest BCUT2D eigenvalue weighted by Gasteiger charge is 2.18. The third-order valence-electron chi connectivity index (χ3n) is 2.81. The molecule has 1 aromatic rings. The van der Waals surface area contributed by atoms with E-state index in [-0.39, 0.29) is 30.3 Å². The molecule has 1 rings (SSSR count). The van der Waals surface area contributed by atoms with Gasteiger partial charge in [-0.3, -0.25) is 4.79 Å². The van der Waals surface area contributed by atoms with E-state index in [9.17, 15) is 13.6 Å². The average Bonchev–Trinajstić information content (AvgIpc) is 2.44. The topological polar surface area (TPSA) is 78.9 Å². The van der Waals surface area contributed by atoms with Crippen LogP contribution in [-0.4, -0.2) is 34.9 Å². The maximum absolute atomic E-state index is 13.2. The molecule has 0 radical (unpaired) electrons. The lowest BCUT2D eigenvalue weighted by Crippen LogP contribution is -2.36. The van der Waals surface area contributed by atoms with Crippen LogP contribution in [0.25, 0.3) is 0 Å². The molecule has 3 N–H and O–H groups in total. The van der Waals surface area contributed by atoms with Crippen LogP contribution in [0.15, 0.2) is 23.4 Å². The molecule has 5 nitrogen and oxygen atoms in total. The Morgan fingerprint density at radius 2 is 2.05 bits per heavy atom. The third-order valence-corrected chi connectivity index (χ3v) is 2.81. The first-order valence-electron chi connectivity index (χ1n) is 6.55. The molecule has 0 spiro atoms. The van der Waals surface area contributed by atoms with Crippen molar-refractivity contribution in [3.05, 3.63) is 35.4 Å². The summed E-state index contributed by atoms with van der Waals surface area (Å²) in [6.07, 6.45) is 0.193. The molecule has 21 heavy (non-hydrogen) atoms. The molecule has 0 unspecified atom stereocenters. The summed E-state index contributed by atoms with van der Waals surface area (Å²) < 4.78 is 26.1. The van der Waals surface area contributed by atoms with Gasteiger partial charge in [0.15, 0.2) is 11.6 Å². The highest BCUT2D eigenvalue weighted by atomic mass is 19.2. The zero-order chi connectivity index (χ0) is 16.0. The van der Waals surface area contributed by atoms with Gasteiger partial charge in [-0.05, 0) is 24.1 Å². The molecular weight excluding hydrogens is 280 g/mol. The highest BCUT2D eigenvalue weighted by Crippen LogP contribution is 2.13. The number of amidine groups is 1. The number of hydrogen-bond donors (Lipinski definition) is 2. The van der Waals surface area contributed by atoms with Crippen molar-refractivity contribution in [1.29, 1.82) is 0 Å². The lowest BCUT2D eigenvalue weighted by Gasteiger charge is -2.24. The molecule has 0 saturated heterocycles. The molecule has 1 amide bonds. The number of hydrogen-bond acceptors (Lipinski definition) is 3. The van der Waals surface area contributed by atoms with E-state index >= 15 is 0 Å². The van der Waals surface area contributed by atoms with Gasteiger partial charge in [-0.2, -0.15) is 0 Å². The van der Waals surface area contributed by atoms with Crippen LogP contribution < -0.4 is 5.73 Å². The van der Waals surface area contributed by atoms with Gasteiger partial charge in [0.05, 0.1) is 0 Å². The molecule has 7 heteroatoms. The van der Waals surface area contributed by atoms with Gasteiger partial charge in [0.1, 0.15) is 5.84 Å². The summed E-state index contributed by atoms with van der Waals surface area (Å²) >= 11 is 0. The maximum Gasteiger partial charge on any atom is 0.253 e. The molecule has 0 bridgehead atoms. The van der Waals surface area contributed by atoms with Crippen LogP contribution in [0.2, 0.25) is 0 Å². The van der Waals surface area contributed by atoms with Gasteiger partial charge in [-0.25, -0.2) is 8.78 Å². The summed E-state index contributed by atoms with van der Waals surface area (Å²) in [5, 5.41) is 11.4. The molecule has 0 atom stereocenters. The minimum atomic E-state index is -1.07. The second-order valence-corrected chi connectivity index (χ2v) is 5.12. The summed E-state index contributed by atoms with van der Waals surface area (Å²) in [4.78, 5) is 13.8. The molecule has 116 valence electrons. The van der Waals surface area contributed by atoms with Crippen molar-refractivity contribution in [1.82, 2.24) is 4.90 Å². The lowest BCUT2D eigenvalue weighted by molar-refractivity contribution is 0.0740. The van der Waals surface area contributed by atoms with E-state index in [0.29, 0.717) is 6.54 Å². The van der Waals surface area contributed by atoms with Gasteiger partial charge < -0.3 is 15.8 Å². The van der Waals surface area contributed by atoms with E-state index < -0.39 is 17.5 Å². The summed E-state index contributed by atoms with van der Waals surface area (Å²) in [6.45, 7) is 4.51. The van der Waals surface area contributed by atoms with Crippen LogP contribution in [0.4, 0.5) is 8.78 Å². The van der Waals surface area contributed by atoms with E-state index in [1.807, 2.05) is 13.8 Å². The van der Waals surface area contributed by atoms with Crippen molar-refractivity contribution < 1.29 is 18.8 Å². The molecule has 0 aliphatic heterocycles. The fourth-order valence-corrected chi connectivity index (χ4v) is 1.83. The zero-order valence-electron chi connectivity index (χ0n) is 12.0. The molecule has 0 heterocycles. The Morgan fingerprint density at radius 1 is 1.38 bits per heavy atom. The van der Waals surface area contributed by atoms with Gasteiger partial charge in [-0.15, -0.1) is 0 Å². The monoisotopic (exact) mass is 299 g/mol. The standard InChI is InChI=1S/C14H19F2N3O2/c1-9(2)8-19(6-5-13(17)18-21)14(20)10-3-4-11(15)12(16)7-10/h3-4,7,9,21H,5-6,8H2,1-2H3,(H2,17,18). The van der Waals surface area contributed by atoms with Gasteiger partial charge >= 0.3 is 0 Å². The third kappa shape index (κ3) is 5.02. The Bertz CT molecular complexity index is 533. The van der Waals surface area contributed by atoms with Crippen LogP contribution >= 0.6 is 0 Å². The van der Waals surface area contributed by atoms with Crippen LogP contribution in [0.5, 0.6) is 0 Å². The lowest BCUT2D eigenvalue weighted by atomic mass is 10.1. The quantitative estimate of drug-likeness (QED) is 0.366. The zero-order valence-corrected chi connectivity index (χ0v) is 12.0. The Balaban J connectivity index is 2.90. The summed E-state index contributed by atoms with van der Waals surface area (Å²) in [5.41, 5.74) is 5.45. The van der Waals surface area contributed by atoms with Gasteiger partial charge in [0.2, 0.25) is 0 Å². The van der Waals surface area contributed by atoms with Crippen molar-refractivity contribution in [3.8, 4) is 0 Å². The molecule has 0 aromatic heterocycles. The first-order chi connectivity index (χ1) is 9.85. The summed E-state index contributed by atoms with van der Waals surface area (Å²) in [7, 11) is 0. The number of carbonyl (C=O) groups excluding carboxylic acids is 1. The normalized spacial score (nSPS) is 11.8. The Kier molecular flexibility index (Phi) is 6.08. The van der Waals surface area contributed by atoms with Crippen molar-refractivity contribution in [2.75, 3.05) is 13.1 Å². The number of nitrogens with two attached hydrogens (primary N) is 1. The van der Waals surface area contributed by atoms with E-state index in [1.165, 1.54) is 11.0 Å². The fraction of sp³-hybridized carbons (Fsp3) is 0.429. The van der Waals surface area contributed by atoms with Gasteiger partial charge in [-0.1, -0.05) is 19.0 Å². The number of amides is 1. The Morgan fingerprint density at radius 3 is 2.57 bits per heavy atom. The number of rotatable bonds is 6. The van der Waals surface area contributed by atoms with Crippen molar-refractivity contribution in [3.63, 3.8) is 0 Å². The summed E-state index contributed by atoms with van der Waals surface area (Å²) in [6, 6.07) is 3.02.